The number of nitrogens with zero attached hydrogens (tertiary/aromatic N) is 1. The fourth-order valence-corrected chi connectivity index (χ4v) is 3.84. The molecule has 0 spiro atoms. The zero-order valence-electron chi connectivity index (χ0n) is 15.6. The van der Waals surface area contributed by atoms with Gasteiger partial charge in [-0.2, -0.15) is 0 Å². The van der Waals surface area contributed by atoms with Crippen molar-refractivity contribution in [2.24, 2.45) is 0 Å². The number of fused-ring (bicyclic) bond motifs is 1. The zero-order valence-corrected chi connectivity index (χ0v) is 16.4. The lowest BCUT2D eigenvalue weighted by molar-refractivity contribution is -0.121. The van der Waals surface area contributed by atoms with Crippen LogP contribution in [-0.4, -0.2) is 29.1 Å². The van der Waals surface area contributed by atoms with E-state index in [1.54, 1.807) is 10.6 Å². The van der Waals surface area contributed by atoms with Crippen molar-refractivity contribution in [3.05, 3.63) is 59.1 Å². The van der Waals surface area contributed by atoms with Crippen molar-refractivity contribution in [2.45, 2.75) is 39.3 Å². The van der Waals surface area contributed by atoms with Crippen molar-refractivity contribution in [1.82, 2.24) is 9.88 Å². The van der Waals surface area contributed by atoms with E-state index in [9.17, 15) is 9.59 Å². The molecule has 5 nitrogen and oxygen atoms in total. The monoisotopic (exact) mass is 384 g/mol. The average Bonchev–Trinajstić information content (AvgIpc) is 3.22. The molecule has 142 valence electrons. The highest BCUT2D eigenvalue weighted by Gasteiger charge is 2.20. The highest BCUT2D eigenvalue weighted by atomic mass is 32.1. The van der Waals surface area contributed by atoms with Gasteiger partial charge in [-0.3, -0.25) is 4.79 Å². The number of carbonyl (C=O) groups is 2. The minimum Gasteiger partial charge on any atom is -0.458 e. The van der Waals surface area contributed by atoms with E-state index in [0.717, 1.165) is 23.1 Å². The van der Waals surface area contributed by atoms with Crippen molar-refractivity contribution < 1.29 is 14.3 Å². The molecule has 2 aromatic heterocycles. The van der Waals surface area contributed by atoms with Crippen LogP contribution in [0.4, 0.5) is 0 Å². The Balaban J connectivity index is 1.60. The molecule has 0 saturated heterocycles. The number of aromatic nitrogens is 1. The second kappa shape index (κ2) is 8.86. The fourth-order valence-electron chi connectivity index (χ4n) is 2.94. The Kier molecular flexibility index (Phi) is 6.29. The summed E-state index contributed by atoms with van der Waals surface area (Å²) in [7, 11) is 0. The van der Waals surface area contributed by atoms with E-state index in [1.807, 2.05) is 43.5 Å². The van der Waals surface area contributed by atoms with Gasteiger partial charge in [0, 0.05) is 11.9 Å². The summed E-state index contributed by atoms with van der Waals surface area (Å²) in [5, 5.41) is 5.85. The maximum atomic E-state index is 12.4. The molecule has 0 aliphatic carbocycles. The Bertz CT molecular complexity index is 912. The van der Waals surface area contributed by atoms with E-state index in [1.165, 1.54) is 16.9 Å². The molecular weight excluding hydrogens is 360 g/mol. The number of benzene rings is 1. The predicted octanol–water partition coefficient (Wildman–Crippen LogP) is 4.02. The van der Waals surface area contributed by atoms with Crippen LogP contribution >= 0.6 is 11.3 Å². The maximum absolute atomic E-state index is 12.4. The third-order valence-corrected chi connectivity index (χ3v) is 5.11. The molecule has 0 saturated carbocycles. The topological polar surface area (TPSA) is 60.3 Å². The molecule has 0 aliphatic heterocycles. The summed E-state index contributed by atoms with van der Waals surface area (Å²) in [4.78, 5) is 25.7. The SMILES string of the molecule is CC(C)OC(=O)c1cc2ccsc2n1CC(=O)NCCCc1ccccc1. The lowest BCUT2D eigenvalue weighted by Gasteiger charge is -2.12. The van der Waals surface area contributed by atoms with Crippen LogP contribution in [0.1, 0.15) is 36.3 Å². The summed E-state index contributed by atoms with van der Waals surface area (Å²) < 4.78 is 7.07. The number of amides is 1. The van der Waals surface area contributed by atoms with Crippen LogP contribution in [0.25, 0.3) is 10.2 Å². The molecule has 2 heterocycles. The molecule has 3 aromatic rings. The normalized spacial score (nSPS) is 11.1. The first-order valence-electron chi connectivity index (χ1n) is 9.13. The van der Waals surface area contributed by atoms with Crippen LogP contribution in [0.15, 0.2) is 47.8 Å². The van der Waals surface area contributed by atoms with E-state index in [0.29, 0.717) is 12.2 Å². The molecule has 1 N–H and O–H groups in total. The van der Waals surface area contributed by atoms with E-state index >= 15 is 0 Å². The van der Waals surface area contributed by atoms with E-state index in [-0.39, 0.29) is 18.6 Å². The van der Waals surface area contributed by atoms with Crippen LogP contribution in [0.3, 0.4) is 0 Å². The summed E-state index contributed by atoms with van der Waals surface area (Å²) in [6.45, 7) is 4.34. The number of aryl methyl sites for hydroxylation is 1. The van der Waals surface area contributed by atoms with Gasteiger partial charge < -0.3 is 14.6 Å². The molecule has 0 aliphatic rings. The van der Waals surface area contributed by atoms with E-state index in [2.05, 4.69) is 17.4 Å². The van der Waals surface area contributed by atoms with Gasteiger partial charge in [-0.25, -0.2) is 4.79 Å². The Labute approximate surface area is 163 Å². The standard InChI is InChI=1S/C21H24N2O3S/c1-15(2)26-21(25)18-13-17-10-12-27-20(17)23(18)14-19(24)22-11-6-9-16-7-4-3-5-8-16/h3-5,7-8,10,12-13,15H,6,9,11,14H2,1-2H3,(H,22,24). The lowest BCUT2D eigenvalue weighted by Crippen LogP contribution is -2.30. The lowest BCUT2D eigenvalue weighted by atomic mass is 10.1. The molecule has 0 bridgehead atoms. The van der Waals surface area contributed by atoms with Gasteiger partial charge in [0.2, 0.25) is 5.91 Å². The Morgan fingerprint density at radius 2 is 1.96 bits per heavy atom. The van der Waals surface area contributed by atoms with Crippen molar-refractivity contribution in [3.63, 3.8) is 0 Å². The first-order valence-corrected chi connectivity index (χ1v) is 10.0. The van der Waals surface area contributed by atoms with Gasteiger partial charge >= 0.3 is 5.97 Å². The Morgan fingerprint density at radius 3 is 2.70 bits per heavy atom. The zero-order chi connectivity index (χ0) is 19.2. The summed E-state index contributed by atoms with van der Waals surface area (Å²) >= 11 is 1.51. The summed E-state index contributed by atoms with van der Waals surface area (Å²) in [5.74, 6) is -0.502. The second-order valence-corrected chi connectivity index (χ2v) is 7.58. The fraction of sp³-hybridized carbons (Fsp3) is 0.333. The largest absolute Gasteiger partial charge is 0.458 e. The third-order valence-electron chi connectivity index (χ3n) is 4.16. The number of esters is 1. The van der Waals surface area contributed by atoms with Crippen LogP contribution < -0.4 is 5.32 Å². The number of hydrogen-bond donors (Lipinski definition) is 1. The quantitative estimate of drug-likeness (QED) is 0.471. The summed E-state index contributed by atoms with van der Waals surface area (Å²) in [6.07, 6.45) is 1.59. The minimum atomic E-state index is -0.398. The second-order valence-electron chi connectivity index (χ2n) is 6.69. The molecule has 1 aromatic carbocycles. The first kappa shape index (κ1) is 19.2. The Morgan fingerprint density at radius 1 is 1.19 bits per heavy atom. The first-order chi connectivity index (χ1) is 13.0. The number of carbonyl (C=O) groups excluding carboxylic acids is 2. The molecule has 0 unspecified atom stereocenters. The molecule has 27 heavy (non-hydrogen) atoms. The van der Waals surface area contributed by atoms with E-state index < -0.39 is 5.97 Å². The minimum absolute atomic E-state index is 0.104. The Hall–Kier alpha value is -2.60. The predicted molar refractivity (Wildman–Crippen MR) is 108 cm³/mol. The maximum Gasteiger partial charge on any atom is 0.355 e. The van der Waals surface area contributed by atoms with Crippen molar-refractivity contribution in [3.8, 4) is 0 Å². The number of nitrogens with one attached hydrogen (secondary N) is 1. The molecular formula is C21H24N2O3S. The van der Waals surface area contributed by atoms with Gasteiger partial charge in [0.05, 0.1) is 6.10 Å². The smallest absolute Gasteiger partial charge is 0.355 e. The summed E-state index contributed by atoms with van der Waals surface area (Å²) in [5.41, 5.74) is 1.68. The third kappa shape index (κ3) is 4.98. The van der Waals surface area contributed by atoms with Crippen LogP contribution in [0.5, 0.6) is 0 Å². The van der Waals surface area contributed by atoms with E-state index in [4.69, 9.17) is 4.74 Å². The van der Waals surface area contributed by atoms with Crippen molar-refractivity contribution >= 4 is 33.4 Å². The number of thiophene rings is 1. The van der Waals surface area contributed by atoms with Gasteiger partial charge in [0.15, 0.2) is 0 Å². The molecule has 0 radical (unpaired) electrons. The molecule has 1 amide bonds. The molecule has 0 atom stereocenters. The van der Waals surface area contributed by atoms with Crippen LogP contribution in [0.2, 0.25) is 0 Å². The highest BCUT2D eigenvalue weighted by Crippen LogP contribution is 2.26. The molecule has 3 rings (SSSR count). The molecule has 6 heteroatoms. The van der Waals surface area contributed by atoms with Crippen LogP contribution in [-0.2, 0) is 22.5 Å². The summed E-state index contributed by atoms with van der Waals surface area (Å²) in [6, 6.07) is 13.9. The number of rotatable bonds is 8. The average molecular weight is 385 g/mol. The van der Waals surface area contributed by atoms with Crippen molar-refractivity contribution in [2.75, 3.05) is 6.54 Å². The molecule has 0 fully saturated rings. The van der Waals surface area contributed by atoms with Crippen LogP contribution in [0, 0.1) is 0 Å². The van der Waals surface area contributed by atoms with Gasteiger partial charge in [-0.05, 0) is 49.8 Å². The van der Waals surface area contributed by atoms with Gasteiger partial charge in [0.25, 0.3) is 0 Å². The number of ether oxygens (including phenoxy) is 1. The number of hydrogen-bond acceptors (Lipinski definition) is 4. The van der Waals surface area contributed by atoms with Crippen molar-refractivity contribution in [1.29, 1.82) is 0 Å². The van der Waals surface area contributed by atoms with Gasteiger partial charge in [-0.1, -0.05) is 30.3 Å². The van der Waals surface area contributed by atoms with Gasteiger partial charge in [-0.15, -0.1) is 11.3 Å². The van der Waals surface area contributed by atoms with Gasteiger partial charge in [0.1, 0.15) is 17.1 Å². The highest BCUT2D eigenvalue weighted by molar-refractivity contribution is 7.16.